The number of likely N-dealkylation sites (N-methyl/N-ethyl adjacent to an activating group) is 1. The second-order valence-corrected chi connectivity index (χ2v) is 7.09. The Labute approximate surface area is 148 Å². The number of nitrogens with one attached hydrogen (secondary N) is 1. The molecule has 0 fully saturated rings. The van der Waals surface area contributed by atoms with E-state index in [2.05, 4.69) is 12.2 Å². The van der Waals surface area contributed by atoms with Crippen LogP contribution in [0.5, 0.6) is 0 Å². The number of unbranched alkanes of at least 4 members (excludes halogenated alkanes) is 1. The summed E-state index contributed by atoms with van der Waals surface area (Å²) >= 11 is 7.64. The van der Waals surface area contributed by atoms with Crippen molar-refractivity contribution in [2.24, 2.45) is 0 Å². The van der Waals surface area contributed by atoms with Crippen LogP contribution >= 0.6 is 23.4 Å². The van der Waals surface area contributed by atoms with Gasteiger partial charge in [0.2, 0.25) is 11.8 Å². The molecule has 23 heavy (non-hydrogen) atoms. The largest absolute Gasteiger partial charge is 0.344 e. The SMILES string of the molecule is CCCCN(C)C(=O)C(CSc1ccc(C)c(Cl)c1)NC(C)=O. The number of rotatable bonds is 8. The Morgan fingerprint density at radius 3 is 2.65 bits per heavy atom. The topological polar surface area (TPSA) is 49.4 Å². The lowest BCUT2D eigenvalue weighted by molar-refractivity contribution is -0.134. The van der Waals surface area contributed by atoms with E-state index in [0.717, 1.165) is 23.3 Å². The summed E-state index contributed by atoms with van der Waals surface area (Å²) in [7, 11) is 1.78. The minimum absolute atomic E-state index is 0.0561. The molecule has 1 rings (SSSR count). The molecule has 2 amide bonds. The first-order chi connectivity index (χ1) is 10.8. The van der Waals surface area contributed by atoms with Crippen LogP contribution in [0.25, 0.3) is 0 Å². The Bertz CT molecular complexity index is 551. The predicted molar refractivity (Wildman–Crippen MR) is 97.1 cm³/mol. The van der Waals surface area contributed by atoms with Crippen molar-refractivity contribution in [1.82, 2.24) is 10.2 Å². The van der Waals surface area contributed by atoms with Crippen LogP contribution in [-0.2, 0) is 9.59 Å². The van der Waals surface area contributed by atoms with Gasteiger partial charge in [0, 0.05) is 36.2 Å². The molecule has 1 atom stereocenters. The van der Waals surface area contributed by atoms with E-state index in [0.29, 0.717) is 17.3 Å². The fourth-order valence-corrected chi connectivity index (χ4v) is 3.23. The molecule has 0 aliphatic heterocycles. The van der Waals surface area contributed by atoms with Gasteiger partial charge in [0.1, 0.15) is 6.04 Å². The van der Waals surface area contributed by atoms with E-state index in [1.807, 2.05) is 25.1 Å². The van der Waals surface area contributed by atoms with Crippen LogP contribution in [0.1, 0.15) is 32.3 Å². The van der Waals surface area contributed by atoms with Gasteiger partial charge in [0.05, 0.1) is 0 Å². The van der Waals surface area contributed by atoms with Crippen molar-refractivity contribution in [3.8, 4) is 0 Å². The molecule has 0 radical (unpaired) electrons. The lowest BCUT2D eigenvalue weighted by Gasteiger charge is -2.24. The van der Waals surface area contributed by atoms with Crippen LogP contribution < -0.4 is 5.32 Å². The van der Waals surface area contributed by atoms with Gasteiger partial charge in [-0.05, 0) is 31.0 Å². The second kappa shape index (κ2) is 9.83. The van der Waals surface area contributed by atoms with E-state index < -0.39 is 6.04 Å². The highest BCUT2D eigenvalue weighted by molar-refractivity contribution is 7.99. The minimum atomic E-state index is -0.528. The molecule has 1 N–H and O–H groups in total. The zero-order valence-corrected chi connectivity index (χ0v) is 15.8. The Balaban J connectivity index is 2.71. The quantitative estimate of drug-likeness (QED) is 0.725. The van der Waals surface area contributed by atoms with Crippen molar-refractivity contribution >= 4 is 35.2 Å². The number of carbonyl (C=O) groups excluding carboxylic acids is 2. The molecule has 0 saturated heterocycles. The third-order valence-electron chi connectivity index (χ3n) is 3.46. The number of benzene rings is 1. The highest BCUT2D eigenvalue weighted by Crippen LogP contribution is 2.25. The first-order valence-corrected chi connectivity index (χ1v) is 9.12. The molecule has 0 aromatic heterocycles. The zero-order valence-electron chi connectivity index (χ0n) is 14.2. The summed E-state index contributed by atoms with van der Waals surface area (Å²) in [6, 6.07) is 5.28. The predicted octanol–water partition coefficient (Wildman–Crippen LogP) is 3.50. The third kappa shape index (κ3) is 6.83. The summed E-state index contributed by atoms with van der Waals surface area (Å²) in [6.07, 6.45) is 1.98. The average Bonchev–Trinajstić information content (AvgIpc) is 2.51. The number of nitrogens with zero attached hydrogens (tertiary/aromatic N) is 1. The number of halogens is 1. The van der Waals surface area contributed by atoms with E-state index in [9.17, 15) is 9.59 Å². The molecule has 0 saturated carbocycles. The van der Waals surface area contributed by atoms with Gasteiger partial charge in [0.15, 0.2) is 0 Å². The molecule has 1 aromatic rings. The number of carbonyl (C=O) groups is 2. The van der Waals surface area contributed by atoms with Crippen molar-refractivity contribution in [3.05, 3.63) is 28.8 Å². The normalized spacial score (nSPS) is 11.9. The average molecular weight is 357 g/mol. The number of hydrogen-bond acceptors (Lipinski definition) is 3. The van der Waals surface area contributed by atoms with E-state index >= 15 is 0 Å². The smallest absolute Gasteiger partial charge is 0.245 e. The fraction of sp³-hybridized carbons (Fsp3) is 0.529. The maximum Gasteiger partial charge on any atom is 0.245 e. The van der Waals surface area contributed by atoms with Crippen LogP contribution in [0.4, 0.5) is 0 Å². The summed E-state index contributed by atoms with van der Waals surface area (Å²) in [5, 5.41) is 3.46. The van der Waals surface area contributed by atoms with Gasteiger partial charge in [0.25, 0.3) is 0 Å². The molecule has 0 aliphatic carbocycles. The van der Waals surface area contributed by atoms with Crippen molar-refractivity contribution in [1.29, 1.82) is 0 Å². The van der Waals surface area contributed by atoms with Gasteiger partial charge in [-0.25, -0.2) is 0 Å². The van der Waals surface area contributed by atoms with Crippen LogP contribution in [0.15, 0.2) is 23.1 Å². The van der Waals surface area contributed by atoms with E-state index in [1.54, 1.807) is 11.9 Å². The van der Waals surface area contributed by atoms with Gasteiger partial charge < -0.3 is 10.2 Å². The van der Waals surface area contributed by atoms with Gasteiger partial charge in [-0.2, -0.15) is 0 Å². The van der Waals surface area contributed by atoms with Gasteiger partial charge >= 0.3 is 0 Å². The molecule has 128 valence electrons. The van der Waals surface area contributed by atoms with Crippen molar-refractivity contribution in [3.63, 3.8) is 0 Å². The molecule has 0 spiro atoms. The second-order valence-electron chi connectivity index (χ2n) is 5.59. The number of hydrogen-bond donors (Lipinski definition) is 1. The maximum absolute atomic E-state index is 12.5. The van der Waals surface area contributed by atoms with Crippen LogP contribution in [-0.4, -0.2) is 42.1 Å². The zero-order chi connectivity index (χ0) is 17.4. The summed E-state index contributed by atoms with van der Waals surface area (Å²) in [6.45, 7) is 6.16. The third-order valence-corrected chi connectivity index (χ3v) is 4.95. The summed E-state index contributed by atoms with van der Waals surface area (Å²) in [5.41, 5.74) is 1.02. The molecule has 6 heteroatoms. The summed E-state index contributed by atoms with van der Waals surface area (Å²) in [4.78, 5) is 26.6. The van der Waals surface area contributed by atoms with Gasteiger partial charge in [-0.15, -0.1) is 11.8 Å². The van der Waals surface area contributed by atoms with Crippen molar-refractivity contribution in [2.75, 3.05) is 19.3 Å². The monoisotopic (exact) mass is 356 g/mol. The minimum Gasteiger partial charge on any atom is -0.344 e. The number of amides is 2. The van der Waals surface area contributed by atoms with Crippen molar-refractivity contribution in [2.45, 2.75) is 44.6 Å². The van der Waals surface area contributed by atoms with Gasteiger partial charge in [-0.3, -0.25) is 9.59 Å². The molecule has 0 aliphatic rings. The molecule has 1 unspecified atom stereocenters. The Kier molecular flexibility index (Phi) is 8.48. The maximum atomic E-state index is 12.5. The molecule has 0 bridgehead atoms. The summed E-state index contributed by atoms with van der Waals surface area (Å²) in [5.74, 6) is 0.225. The first kappa shape index (κ1) is 19.8. The lowest BCUT2D eigenvalue weighted by atomic mass is 10.2. The number of thioether (sulfide) groups is 1. The van der Waals surface area contributed by atoms with Crippen LogP contribution in [0, 0.1) is 6.92 Å². The van der Waals surface area contributed by atoms with Crippen LogP contribution in [0.2, 0.25) is 5.02 Å². The standard InChI is InChI=1S/C17H25ClN2O2S/c1-5-6-9-20(4)17(22)16(19-13(3)21)11-23-14-8-7-12(2)15(18)10-14/h7-8,10,16H,5-6,9,11H2,1-4H3,(H,19,21). The highest BCUT2D eigenvalue weighted by atomic mass is 35.5. The number of aryl methyl sites for hydroxylation is 1. The molecule has 4 nitrogen and oxygen atoms in total. The molecule has 0 heterocycles. The Morgan fingerprint density at radius 2 is 2.09 bits per heavy atom. The van der Waals surface area contributed by atoms with E-state index in [4.69, 9.17) is 11.6 Å². The Morgan fingerprint density at radius 1 is 1.39 bits per heavy atom. The molecule has 1 aromatic carbocycles. The van der Waals surface area contributed by atoms with Crippen LogP contribution in [0.3, 0.4) is 0 Å². The van der Waals surface area contributed by atoms with E-state index in [1.165, 1.54) is 18.7 Å². The Hall–Kier alpha value is -1.20. The fourth-order valence-electron chi connectivity index (χ4n) is 2.03. The van der Waals surface area contributed by atoms with Crippen molar-refractivity contribution < 1.29 is 9.59 Å². The van der Waals surface area contributed by atoms with E-state index in [-0.39, 0.29) is 11.8 Å². The molecular formula is C17H25ClN2O2S. The summed E-state index contributed by atoms with van der Waals surface area (Å²) < 4.78 is 0. The lowest BCUT2D eigenvalue weighted by Crippen LogP contribution is -2.48. The highest BCUT2D eigenvalue weighted by Gasteiger charge is 2.23. The van der Waals surface area contributed by atoms with Gasteiger partial charge in [-0.1, -0.05) is 31.0 Å². The molecular weight excluding hydrogens is 332 g/mol. The first-order valence-electron chi connectivity index (χ1n) is 7.76.